The molecule has 0 spiro atoms. The van der Waals surface area contributed by atoms with Crippen molar-refractivity contribution in [3.05, 3.63) is 12.2 Å². The molecule has 0 aromatic rings. The van der Waals surface area contributed by atoms with E-state index in [1.165, 1.54) is 70.6 Å². The van der Waals surface area contributed by atoms with Crippen LogP contribution in [0.2, 0.25) is 0 Å². The number of carboxylic acids is 2. The number of nitrogens with one attached hydrogen (secondary N) is 2. The summed E-state index contributed by atoms with van der Waals surface area (Å²) in [5.41, 5.74) is 5.34. The maximum absolute atomic E-state index is 11.5. The van der Waals surface area contributed by atoms with Gasteiger partial charge in [0.05, 0.1) is 12.1 Å². The molecule has 0 aliphatic carbocycles. The molecule has 0 saturated carbocycles. The fourth-order valence-corrected chi connectivity index (χ4v) is 3.77. The summed E-state index contributed by atoms with van der Waals surface area (Å²) in [5.74, 6) is -4.07. The van der Waals surface area contributed by atoms with E-state index in [-0.39, 0.29) is 65.0 Å². The van der Waals surface area contributed by atoms with Gasteiger partial charge in [0, 0.05) is 25.4 Å². The number of hydrogen-bond acceptors (Lipinski definition) is 9. The van der Waals surface area contributed by atoms with Crippen LogP contribution < -0.4 is 80.2 Å². The third-order valence-electron chi connectivity index (χ3n) is 5.27. The minimum atomic E-state index is -4.94. The minimum Gasteiger partial charge on any atom is -0.550 e. The number of amides is 1. The molecule has 2 atom stereocenters. The standard InChI is InChI=1S/C21H42N2O2.C4H6O7S.2Na/c1-3-4-5-6-7-8-9-10-11-12-13-14-15-16-17-18-21(25)23-22-19-20(2)24;5-3(6)1-2(4(7)8)12(9,10)11;;/h10-11,20,22,24H,3-9,12-19H2,1-2H3,(H,23,25);2H,1H2,(H,5,6)(H,7,8)(H,9,10,11);;/q;;2*+1/p-2/b11-10-;;;. The third kappa shape index (κ3) is 36.0. The Morgan fingerprint density at radius 3 is 1.69 bits per heavy atom. The molecule has 0 bridgehead atoms. The topological polar surface area (TPSA) is 196 Å². The summed E-state index contributed by atoms with van der Waals surface area (Å²) in [6.07, 6.45) is 19.9. The molecule has 0 radical (unpaired) electrons. The van der Waals surface area contributed by atoms with Gasteiger partial charge >= 0.3 is 59.1 Å². The Kier molecular flexibility index (Phi) is 36.4. The third-order valence-corrected chi connectivity index (χ3v) is 6.34. The van der Waals surface area contributed by atoms with Gasteiger partial charge in [-0.05, 0) is 39.0 Å². The number of carboxylic acid groups (broad SMARTS) is 2. The monoisotopic (exact) mass is 596 g/mol. The van der Waals surface area contributed by atoms with E-state index >= 15 is 0 Å². The van der Waals surface area contributed by atoms with E-state index in [1.807, 2.05) is 0 Å². The van der Waals surface area contributed by atoms with Crippen LogP contribution in [0.25, 0.3) is 0 Å². The molecule has 0 aromatic carbocycles. The van der Waals surface area contributed by atoms with Crippen LogP contribution in [-0.4, -0.2) is 53.8 Å². The molecule has 0 saturated heterocycles. The van der Waals surface area contributed by atoms with E-state index in [1.54, 1.807) is 6.92 Å². The average Bonchev–Trinajstić information content (AvgIpc) is 2.79. The van der Waals surface area contributed by atoms with Crippen molar-refractivity contribution in [3.8, 4) is 0 Å². The summed E-state index contributed by atoms with van der Waals surface area (Å²) in [5, 5.41) is 26.3. The van der Waals surface area contributed by atoms with Gasteiger partial charge in [-0.3, -0.25) is 14.8 Å². The van der Waals surface area contributed by atoms with Crippen LogP contribution in [0, 0.1) is 0 Å². The average molecular weight is 597 g/mol. The number of carbonyl (C=O) groups excluding carboxylic acids is 3. The van der Waals surface area contributed by atoms with E-state index in [0.29, 0.717) is 13.0 Å². The zero-order chi connectivity index (χ0) is 28.5. The van der Waals surface area contributed by atoms with Crippen molar-refractivity contribution < 1.29 is 102 Å². The van der Waals surface area contributed by atoms with Gasteiger partial charge in [0.15, 0.2) is 0 Å². The molecule has 2 unspecified atom stereocenters. The van der Waals surface area contributed by atoms with Gasteiger partial charge in [-0.25, -0.2) is 5.43 Å². The Labute approximate surface area is 278 Å². The quantitative estimate of drug-likeness (QED) is 0.0309. The predicted octanol–water partition coefficient (Wildman–Crippen LogP) is -4.83. The van der Waals surface area contributed by atoms with Crippen molar-refractivity contribution >= 4 is 28.0 Å². The van der Waals surface area contributed by atoms with E-state index < -0.39 is 39.8 Å². The number of carbonyl (C=O) groups is 3. The Morgan fingerprint density at radius 1 is 0.846 bits per heavy atom. The van der Waals surface area contributed by atoms with Crippen LogP contribution in [0.15, 0.2) is 12.2 Å². The molecular weight excluding hydrogens is 550 g/mol. The summed E-state index contributed by atoms with van der Waals surface area (Å²) >= 11 is 0. The van der Waals surface area contributed by atoms with Crippen LogP contribution in [-0.2, 0) is 24.5 Å². The molecule has 0 aliphatic heterocycles. The summed E-state index contributed by atoms with van der Waals surface area (Å²) in [6, 6.07) is 0. The van der Waals surface area contributed by atoms with Gasteiger partial charge in [-0.2, -0.15) is 8.42 Å². The summed E-state index contributed by atoms with van der Waals surface area (Å²) < 4.78 is 28.5. The van der Waals surface area contributed by atoms with E-state index in [4.69, 9.17) is 9.66 Å². The van der Waals surface area contributed by atoms with E-state index in [9.17, 15) is 33.0 Å². The first-order valence-electron chi connectivity index (χ1n) is 13.1. The van der Waals surface area contributed by atoms with E-state index in [0.717, 1.165) is 12.8 Å². The summed E-state index contributed by atoms with van der Waals surface area (Å²) in [7, 11) is -4.94. The molecule has 11 nitrogen and oxygen atoms in total. The van der Waals surface area contributed by atoms with Gasteiger partial charge in [0.1, 0.15) is 5.25 Å². The van der Waals surface area contributed by atoms with Crippen molar-refractivity contribution in [3.63, 3.8) is 0 Å². The molecule has 39 heavy (non-hydrogen) atoms. The fourth-order valence-electron chi connectivity index (χ4n) is 3.18. The molecular formula is C25H46N2Na2O9S. The zero-order valence-corrected chi connectivity index (χ0v) is 29.1. The molecule has 14 heteroatoms. The second-order valence-corrected chi connectivity index (χ2v) is 10.6. The molecule has 0 heterocycles. The molecule has 0 rings (SSSR count). The van der Waals surface area contributed by atoms with Crippen molar-refractivity contribution in [1.82, 2.24) is 10.9 Å². The smallest absolute Gasteiger partial charge is 0.550 e. The second-order valence-electron chi connectivity index (χ2n) is 9.01. The maximum Gasteiger partial charge on any atom is 1.00 e. The SMILES string of the molecule is CCCCCCCC/C=C\CCCCCCCC(=O)NNCC(C)O.O=C([O-])CC(C(=O)[O-])S(=O)(=O)O.[Na+].[Na+]. The fraction of sp³-hybridized carbons (Fsp3) is 0.800. The molecule has 218 valence electrons. The van der Waals surface area contributed by atoms with Crippen LogP contribution >= 0.6 is 0 Å². The number of unbranched alkanes of at least 4 members (excludes halogenated alkanes) is 11. The molecule has 1 amide bonds. The summed E-state index contributed by atoms with van der Waals surface area (Å²) in [4.78, 5) is 31.2. The first-order chi connectivity index (χ1) is 17.4. The zero-order valence-electron chi connectivity index (χ0n) is 24.3. The maximum atomic E-state index is 11.5. The Morgan fingerprint density at radius 2 is 1.31 bits per heavy atom. The number of hydrazine groups is 1. The molecule has 4 N–H and O–H groups in total. The number of aliphatic carboxylic acids is 2. The van der Waals surface area contributed by atoms with Crippen LogP contribution in [0.5, 0.6) is 0 Å². The molecule has 0 fully saturated rings. The minimum absolute atomic E-state index is 0. The number of aliphatic hydroxyl groups is 1. The van der Waals surface area contributed by atoms with Gasteiger partial charge in [0.25, 0.3) is 10.1 Å². The largest absolute Gasteiger partial charge is 1.00 e. The normalized spacial score (nSPS) is 12.3. The van der Waals surface area contributed by atoms with Crippen LogP contribution in [0.1, 0.15) is 110 Å². The van der Waals surface area contributed by atoms with Crippen molar-refractivity contribution in [2.45, 2.75) is 122 Å². The predicted molar refractivity (Wildman–Crippen MR) is 137 cm³/mol. The number of aliphatic hydroxyl groups excluding tert-OH is 1. The van der Waals surface area contributed by atoms with Gasteiger partial charge < -0.3 is 24.9 Å². The second kappa shape index (κ2) is 30.9. The van der Waals surface area contributed by atoms with Gasteiger partial charge in [-0.1, -0.05) is 70.4 Å². The van der Waals surface area contributed by atoms with Crippen LogP contribution in [0.4, 0.5) is 0 Å². The number of allylic oxidation sites excluding steroid dienone is 2. The molecule has 0 aromatic heterocycles. The Bertz CT molecular complexity index is 752. The van der Waals surface area contributed by atoms with Crippen molar-refractivity contribution in [1.29, 1.82) is 0 Å². The first kappa shape index (κ1) is 46.0. The first-order valence-corrected chi connectivity index (χ1v) is 14.6. The van der Waals surface area contributed by atoms with Crippen molar-refractivity contribution in [2.75, 3.05) is 6.54 Å². The van der Waals surface area contributed by atoms with Crippen molar-refractivity contribution in [2.24, 2.45) is 0 Å². The number of hydrogen-bond donors (Lipinski definition) is 4. The van der Waals surface area contributed by atoms with Gasteiger partial charge in [0.2, 0.25) is 5.91 Å². The Balaban J connectivity index is -0.000000371. The van der Waals surface area contributed by atoms with Gasteiger partial charge in [-0.15, -0.1) is 0 Å². The summed E-state index contributed by atoms with van der Waals surface area (Å²) in [6.45, 7) is 4.33. The molecule has 0 aliphatic rings. The van der Waals surface area contributed by atoms with E-state index in [2.05, 4.69) is 29.9 Å². The number of rotatable bonds is 22. The van der Waals surface area contributed by atoms with Crippen LogP contribution in [0.3, 0.4) is 0 Å². The Hall–Kier alpha value is -0.0200.